The topological polar surface area (TPSA) is 66.4 Å². The summed E-state index contributed by atoms with van der Waals surface area (Å²) < 4.78 is 61.5. The largest absolute Gasteiger partial charge is 0.501 e. The summed E-state index contributed by atoms with van der Waals surface area (Å²) in [5.41, 5.74) is -6.54. The van der Waals surface area contributed by atoms with Crippen LogP contribution in [0.5, 0.6) is 0 Å². The van der Waals surface area contributed by atoms with E-state index < -0.39 is 25.8 Å². The van der Waals surface area contributed by atoms with Crippen molar-refractivity contribution < 1.29 is 26.7 Å². The summed E-state index contributed by atoms with van der Waals surface area (Å²) in [7, 11) is -5.44. The van der Waals surface area contributed by atoms with Gasteiger partial charge in [0.15, 0.2) is 0 Å². The van der Waals surface area contributed by atoms with Crippen molar-refractivity contribution in [3.8, 4) is 0 Å². The Balaban J connectivity index is 2.20. The molecule has 0 heterocycles. The molecule has 0 aliphatic heterocycles. The van der Waals surface area contributed by atoms with Crippen LogP contribution in [0.2, 0.25) is 0 Å². The van der Waals surface area contributed by atoms with Crippen molar-refractivity contribution in [3.63, 3.8) is 0 Å². The highest BCUT2D eigenvalue weighted by atomic mass is 32.2. The van der Waals surface area contributed by atoms with Gasteiger partial charge in [-0.15, -0.1) is 0 Å². The number of aliphatic hydroxyl groups is 1. The zero-order chi connectivity index (χ0) is 17.3. The monoisotopic (exact) mass is 369 g/mol. The fourth-order valence-electron chi connectivity index (χ4n) is 2.46. The van der Waals surface area contributed by atoms with Crippen LogP contribution in [0.15, 0.2) is 29.2 Å². The van der Waals surface area contributed by atoms with Crippen LogP contribution >= 0.6 is 11.8 Å². The molecule has 1 aliphatic rings. The maximum atomic E-state index is 12.7. The number of anilines is 1. The molecule has 2 unspecified atom stereocenters. The lowest BCUT2D eigenvalue weighted by atomic mass is 9.79. The minimum atomic E-state index is -5.44. The average molecular weight is 369 g/mol. The van der Waals surface area contributed by atoms with Crippen LogP contribution in [-0.4, -0.2) is 42.2 Å². The second-order valence-electron chi connectivity index (χ2n) is 5.39. The van der Waals surface area contributed by atoms with Gasteiger partial charge in [0.05, 0.1) is 16.2 Å². The molecular formula is C14H18F3NO3S2. The molecule has 0 radical (unpaired) electrons. The molecule has 1 aliphatic carbocycles. The van der Waals surface area contributed by atoms with Crippen molar-refractivity contribution in [2.45, 2.75) is 41.0 Å². The minimum absolute atomic E-state index is 0.00591. The van der Waals surface area contributed by atoms with Crippen molar-refractivity contribution in [1.29, 1.82) is 0 Å². The number of nitrogens with one attached hydrogen (secondary N) is 1. The van der Waals surface area contributed by atoms with Crippen molar-refractivity contribution in [1.82, 2.24) is 0 Å². The van der Waals surface area contributed by atoms with E-state index in [-0.39, 0.29) is 17.5 Å². The predicted octanol–water partition coefficient (Wildman–Crippen LogP) is 3.04. The van der Waals surface area contributed by atoms with Gasteiger partial charge in [0.2, 0.25) is 0 Å². The standard InChI is InChI=1S/C14H18F3NO3S2/c1-2-22-12-7-8-13(12,19)9-18-10-5-3-4-6-11(10)23(20,21)14(15,16)17/h3-6,12,18-19H,2,7-9H2,1H3. The van der Waals surface area contributed by atoms with Gasteiger partial charge in [0.1, 0.15) is 0 Å². The molecule has 0 aromatic heterocycles. The summed E-state index contributed by atoms with van der Waals surface area (Å²) in [4.78, 5) is -0.824. The molecule has 1 aromatic rings. The fraction of sp³-hybridized carbons (Fsp3) is 0.571. The van der Waals surface area contributed by atoms with Gasteiger partial charge in [0, 0.05) is 11.8 Å². The first-order chi connectivity index (χ1) is 10.6. The van der Waals surface area contributed by atoms with Crippen LogP contribution in [0.3, 0.4) is 0 Å². The normalized spacial score (nSPS) is 25.0. The van der Waals surface area contributed by atoms with Gasteiger partial charge in [-0.05, 0) is 30.7 Å². The van der Waals surface area contributed by atoms with Crippen LogP contribution in [0.1, 0.15) is 19.8 Å². The molecule has 2 atom stereocenters. The smallest absolute Gasteiger partial charge is 0.387 e. The molecule has 0 spiro atoms. The third-order valence-electron chi connectivity index (χ3n) is 3.87. The number of sulfone groups is 1. The van der Waals surface area contributed by atoms with Crippen LogP contribution in [-0.2, 0) is 9.84 Å². The van der Waals surface area contributed by atoms with E-state index >= 15 is 0 Å². The van der Waals surface area contributed by atoms with Gasteiger partial charge in [0.25, 0.3) is 9.84 Å². The Kier molecular flexibility index (Phi) is 5.22. The molecule has 2 N–H and O–H groups in total. The van der Waals surface area contributed by atoms with Crippen LogP contribution < -0.4 is 5.32 Å². The predicted molar refractivity (Wildman–Crippen MR) is 84.3 cm³/mol. The van der Waals surface area contributed by atoms with Gasteiger partial charge in [-0.2, -0.15) is 24.9 Å². The summed E-state index contributed by atoms with van der Waals surface area (Å²) >= 11 is 1.59. The molecule has 130 valence electrons. The number of alkyl halides is 3. The third-order valence-corrected chi connectivity index (χ3v) is 6.83. The molecule has 0 saturated heterocycles. The van der Waals surface area contributed by atoms with E-state index in [4.69, 9.17) is 0 Å². The second-order valence-corrected chi connectivity index (χ2v) is 8.77. The molecule has 0 amide bonds. The quantitative estimate of drug-likeness (QED) is 0.807. The zero-order valence-electron chi connectivity index (χ0n) is 12.4. The van der Waals surface area contributed by atoms with E-state index in [2.05, 4.69) is 5.32 Å². The highest BCUT2D eigenvalue weighted by Crippen LogP contribution is 2.42. The summed E-state index contributed by atoms with van der Waals surface area (Å²) in [6.07, 6.45) is 1.37. The van der Waals surface area contributed by atoms with Gasteiger partial charge in [-0.3, -0.25) is 0 Å². The van der Waals surface area contributed by atoms with Crippen LogP contribution in [0, 0.1) is 0 Å². The van der Waals surface area contributed by atoms with E-state index in [1.54, 1.807) is 11.8 Å². The lowest BCUT2D eigenvalue weighted by Crippen LogP contribution is -2.54. The van der Waals surface area contributed by atoms with Crippen LogP contribution in [0.25, 0.3) is 0 Å². The fourth-order valence-corrected chi connectivity index (χ4v) is 4.59. The van der Waals surface area contributed by atoms with Gasteiger partial charge in [-0.1, -0.05) is 19.1 Å². The highest BCUT2D eigenvalue weighted by molar-refractivity contribution is 8.00. The number of hydrogen-bond donors (Lipinski definition) is 2. The lowest BCUT2D eigenvalue weighted by Gasteiger charge is -2.45. The van der Waals surface area contributed by atoms with Crippen molar-refractivity contribution in [2.24, 2.45) is 0 Å². The summed E-state index contributed by atoms with van der Waals surface area (Å²) in [5, 5.41) is 13.1. The molecule has 9 heteroatoms. The number of para-hydroxylation sites is 1. The number of benzene rings is 1. The molecule has 23 heavy (non-hydrogen) atoms. The van der Waals surface area contributed by atoms with E-state index in [1.807, 2.05) is 6.92 Å². The minimum Gasteiger partial charge on any atom is -0.387 e. The Hall–Kier alpha value is -0.930. The zero-order valence-corrected chi connectivity index (χ0v) is 14.1. The number of hydrogen-bond acceptors (Lipinski definition) is 5. The first kappa shape index (κ1) is 18.4. The maximum absolute atomic E-state index is 12.7. The Morgan fingerprint density at radius 2 is 2.04 bits per heavy atom. The first-order valence-electron chi connectivity index (χ1n) is 7.10. The van der Waals surface area contributed by atoms with E-state index in [0.717, 1.165) is 18.2 Å². The summed E-state index contributed by atoms with van der Waals surface area (Å²) in [5.74, 6) is 0.825. The van der Waals surface area contributed by atoms with Crippen molar-refractivity contribution in [3.05, 3.63) is 24.3 Å². The van der Waals surface area contributed by atoms with Gasteiger partial charge < -0.3 is 10.4 Å². The maximum Gasteiger partial charge on any atom is 0.501 e. The summed E-state index contributed by atoms with van der Waals surface area (Å²) in [6.45, 7) is 1.97. The number of thioether (sulfide) groups is 1. The van der Waals surface area contributed by atoms with Crippen molar-refractivity contribution >= 4 is 27.3 Å². The Morgan fingerprint density at radius 1 is 1.39 bits per heavy atom. The number of rotatable bonds is 6. The van der Waals surface area contributed by atoms with E-state index in [9.17, 15) is 26.7 Å². The molecular weight excluding hydrogens is 351 g/mol. The van der Waals surface area contributed by atoms with Crippen LogP contribution in [0.4, 0.5) is 18.9 Å². The molecule has 1 fully saturated rings. The molecule has 4 nitrogen and oxygen atoms in total. The Morgan fingerprint density at radius 3 is 2.57 bits per heavy atom. The van der Waals surface area contributed by atoms with E-state index in [0.29, 0.717) is 6.42 Å². The molecule has 0 bridgehead atoms. The van der Waals surface area contributed by atoms with Crippen molar-refractivity contribution in [2.75, 3.05) is 17.6 Å². The molecule has 1 saturated carbocycles. The average Bonchev–Trinajstić information content (AvgIpc) is 2.48. The Bertz CT molecular complexity index is 663. The molecule has 2 rings (SSSR count). The Labute approximate surface area is 137 Å². The summed E-state index contributed by atoms with van der Waals surface area (Å²) in [6, 6.07) is 4.86. The number of halogens is 3. The van der Waals surface area contributed by atoms with Gasteiger partial charge >= 0.3 is 5.51 Å². The van der Waals surface area contributed by atoms with E-state index in [1.165, 1.54) is 18.2 Å². The highest BCUT2D eigenvalue weighted by Gasteiger charge is 2.48. The SMILES string of the molecule is CCSC1CCC1(O)CNc1ccccc1S(=O)(=O)C(F)(F)F. The third kappa shape index (κ3) is 3.61. The lowest BCUT2D eigenvalue weighted by molar-refractivity contribution is -0.0435. The second kappa shape index (κ2) is 6.52. The first-order valence-corrected chi connectivity index (χ1v) is 9.63. The molecule has 1 aromatic carbocycles. The van der Waals surface area contributed by atoms with Gasteiger partial charge in [-0.25, -0.2) is 8.42 Å².